The molecule has 1 aliphatic carbocycles. The van der Waals surface area contributed by atoms with E-state index in [-0.39, 0.29) is 11.9 Å². The van der Waals surface area contributed by atoms with Gasteiger partial charge >= 0.3 is 0 Å². The molecule has 1 rings (SSSR count). The lowest BCUT2D eigenvalue weighted by molar-refractivity contribution is -0.123. The molecule has 1 aliphatic rings. The van der Waals surface area contributed by atoms with E-state index in [4.69, 9.17) is 5.73 Å². The van der Waals surface area contributed by atoms with E-state index in [1.165, 1.54) is 12.8 Å². The Kier molecular flexibility index (Phi) is 7.39. The number of thioether (sulfide) groups is 2. The molecule has 0 saturated heterocycles. The lowest BCUT2D eigenvalue weighted by atomic mass is 9.94. The second-order valence-electron chi connectivity index (χ2n) is 4.61. The van der Waals surface area contributed by atoms with Crippen molar-refractivity contribution in [2.45, 2.75) is 49.4 Å². The molecule has 0 heterocycles. The first-order chi connectivity index (χ1) is 8.17. The van der Waals surface area contributed by atoms with Crippen LogP contribution in [-0.4, -0.2) is 41.5 Å². The molecule has 17 heavy (non-hydrogen) atoms. The second kappa shape index (κ2) is 8.27. The molecule has 100 valence electrons. The summed E-state index contributed by atoms with van der Waals surface area (Å²) in [6, 6.07) is 0.0203. The van der Waals surface area contributed by atoms with Gasteiger partial charge in [0.15, 0.2) is 0 Å². The quantitative estimate of drug-likeness (QED) is 0.777. The summed E-state index contributed by atoms with van der Waals surface area (Å²) in [5, 5.41) is 3.88. The van der Waals surface area contributed by atoms with Gasteiger partial charge in [0.1, 0.15) is 0 Å². The van der Waals surface area contributed by atoms with Gasteiger partial charge in [-0.15, -0.1) is 0 Å². The van der Waals surface area contributed by atoms with Gasteiger partial charge in [0.25, 0.3) is 0 Å². The van der Waals surface area contributed by atoms with Crippen LogP contribution in [0.4, 0.5) is 0 Å². The number of nitrogens with two attached hydrogens (primary N) is 1. The van der Waals surface area contributed by atoms with E-state index in [1.807, 2.05) is 18.0 Å². The van der Waals surface area contributed by atoms with Crippen molar-refractivity contribution >= 4 is 29.4 Å². The highest BCUT2D eigenvalue weighted by atomic mass is 32.2. The topological polar surface area (TPSA) is 55.1 Å². The minimum Gasteiger partial charge on any atom is -0.352 e. The Balaban J connectivity index is 2.22. The summed E-state index contributed by atoms with van der Waals surface area (Å²) in [4.78, 5) is 11.8. The minimum atomic E-state index is -0.333. The highest BCUT2D eigenvalue weighted by Crippen LogP contribution is 2.26. The summed E-state index contributed by atoms with van der Waals surface area (Å²) in [6.07, 6.45) is 9.61. The monoisotopic (exact) mass is 276 g/mol. The van der Waals surface area contributed by atoms with Gasteiger partial charge in [-0.1, -0.05) is 0 Å². The highest BCUT2D eigenvalue weighted by Gasteiger charge is 2.23. The number of carbonyl (C=O) groups is 1. The molecular weight excluding hydrogens is 252 g/mol. The van der Waals surface area contributed by atoms with E-state index >= 15 is 0 Å². The van der Waals surface area contributed by atoms with Gasteiger partial charge in [0, 0.05) is 11.3 Å². The lowest BCUT2D eigenvalue weighted by Gasteiger charge is -2.28. The van der Waals surface area contributed by atoms with Crippen LogP contribution in [0.2, 0.25) is 0 Å². The first-order valence-corrected chi connectivity index (χ1v) is 8.93. The number of nitrogens with one attached hydrogen (secondary N) is 1. The van der Waals surface area contributed by atoms with E-state index in [9.17, 15) is 4.79 Å². The smallest absolute Gasteiger partial charge is 0.237 e. The molecule has 0 radical (unpaired) electrons. The molecule has 0 spiro atoms. The summed E-state index contributed by atoms with van der Waals surface area (Å²) in [7, 11) is 0. The average molecular weight is 276 g/mol. The minimum absolute atomic E-state index is 0.0339. The molecule has 0 aliphatic heterocycles. The maximum Gasteiger partial charge on any atom is 0.237 e. The van der Waals surface area contributed by atoms with Crippen LogP contribution >= 0.6 is 23.5 Å². The van der Waals surface area contributed by atoms with Crippen LogP contribution in [0.25, 0.3) is 0 Å². The predicted octanol–water partition coefficient (Wildman–Crippen LogP) is 1.86. The van der Waals surface area contributed by atoms with E-state index in [1.54, 1.807) is 11.8 Å². The van der Waals surface area contributed by atoms with Crippen molar-refractivity contribution in [1.29, 1.82) is 0 Å². The van der Waals surface area contributed by atoms with Crippen molar-refractivity contribution in [3.63, 3.8) is 0 Å². The maximum atomic E-state index is 11.8. The summed E-state index contributed by atoms with van der Waals surface area (Å²) in [5.74, 6) is 0.986. The van der Waals surface area contributed by atoms with Crippen molar-refractivity contribution < 1.29 is 4.79 Å². The molecular formula is C12H24N2OS2. The summed E-state index contributed by atoms with van der Waals surface area (Å²) >= 11 is 3.68. The summed E-state index contributed by atoms with van der Waals surface area (Å²) in [5.41, 5.74) is 5.84. The Hall–Kier alpha value is 0.130. The molecule has 0 aromatic rings. The Morgan fingerprint density at radius 3 is 2.53 bits per heavy atom. The van der Waals surface area contributed by atoms with E-state index in [0.717, 1.165) is 30.3 Å². The molecule has 1 fully saturated rings. The van der Waals surface area contributed by atoms with E-state index < -0.39 is 0 Å². The van der Waals surface area contributed by atoms with Gasteiger partial charge in [0.05, 0.1) is 6.04 Å². The van der Waals surface area contributed by atoms with Crippen LogP contribution in [0.3, 0.4) is 0 Å². The molecule has 0 aromatic carbocycles. The van der Waals surface area contributed by atoms with Crippen LogP contribution in [0.15, 0.2) is 0 Å². The number of hydrogen-bond donors (Lipinski definition) is 2. The van der Waals surface area contributed by atoms with E-state index in [0.29, 0.717) is 6.04 Å². The maximum absolute atomic E-state index is 11.8. The highest BCUT2D eigenvalue weighted by molar-refractivity contribution is 7.99. The van der Waals surface area contributed by atoms with Crippen LogP contribution in [0.5, 0.6) is 0 Å². The SMILES string of the molecule is CSCC[C@@H](N)C(=O)NC1CCC(SC)CC1. The third-order valence-corrected chi connectivity index (χ3v) is 5.11. The van der Waals surface area contributed by atoms with Crippen molar-refractivity contribution in [3.8, 4) is 0 Å². The lowest BCUT2D eigenvalue weighted by Crippen LogP contribution is -2.46. The second-order valence-corrected chi connectivity index (χ2v) is 6.73. The zero-order chi connectivity index (χ0) is 12.7. The van der Waals surface area contributed by atoms with Crippen LogP contribution in [-0.2, 0) is 4.79 Å². The fourth-order valence-electron chi connectivity index (χ4n) is 2.13. The Morgan fingerprint density at radius 2 is 2.00 bits per heavy atom. The zero-order valence-corrected chi connectivity index (χ0v) is 12.4. The Morgan fingerprint density at radius 1 is 1.35 bits per heavy atom. The standard InChI is InChI=1S/C12H24N2OS2/c1-16-8-7-11(13)12(15)14-9-3-5-10(17-2)6-4-9/h9-11H,3-8,13H2,1-2H3,(H,14,15)/t9?,10?,11-/m1/s1. The molecule has 1 saturated carbocycles. The van der Waals surface area contributed by atoms with E-state index in [2.05, 4.69) is 11.6 Å². The summed E-state index contributed by atoms with van der Waals surface area (Å²) < 4.78 is 0. The largest absolute Gasteiger partial charge is 0.352 e. The molecule has 5 heteroatoms. The third kappa shape index (κ3) is 5.53. The van der Waals surface area contributed by atoms with Crippen molar-refractivity contribution in [3.05, 3.63) is 0 Å². The molecule has 1 amide bonds. The van der Waals surface area contributed by atoms with Gasteiger partial charge < -0.3 is 11.1 Å². The van der Waals surface area contributed by atoms with Crippen LogP contribution in [0.1, 0.15) is 32.1 Å². The third-order valence-electron chi connectivity index (χ3n) is 3.32. The number of amides is 1. The molecule has 1 atom stereocenters. The van der Waals surface area contributed by atoms with Gasteiger partial charge in [-0.2, -0.15) is 23.5 Å². The van der Waals surface area contributed by atoms with Gasteiger partial charge in [0.2, 0.25) is 5.91 Å². The van der Waals surface area contributed by atoms with Crippen molar-refractivity contribution in [1.82, 2.24) is 5.32 Å². The molecule has 0 unspecified atom stereocenters. The van der Waals surface area contributed by atoms with Crippen LogP contribution in [0, 0.1) is 0 Å². The van der Waals surface area contributed by atoms with Crippen LogP contribution < -0.4 is 11.1 Å². The summed E-state index contributed by atoms with van der Waals surface area (Å²) in [6.45, 7) is 0. The molecule has 0 bridgehead atoms. The zero-order valence-electron chi connectivity index (χ0n) is 10.8. The number of hydrogen-bond acceptors (Lipinski definition) is 4. The van der Waals surface area contributed by atoms with Crippen molar-refractivity contribution in [2.75, 3.05) is 18.3 Å². The first-order valence-electron chi connectivity index (χ1n) is 6.25. The molecule has 0 aromatic heterocycles. The molecule has 3 N–H and O–H groups in total. The fraction of sp³-hybridized carbons (Fsp3) is 0.917. The first kappa shape index (κ1) is 15.2. The predicted molar refractivity (Wildman–Crippen MR) is 78.7 cm³/mol. The Bertz CT molecular complexity index is 231. The fourth-order valence-corrected chi connectivity index (χ4v) is 3.36. The Labute approximate surface area is 113 Å². The molecule has 3 nitrogen and oxygen atoms in total. The van der Waals surface area contributed by atoms with Gasteiger partial charge in [-0.25, -0.2) is 0 Å². The number of carbonyl (C=O) groups excluding carboxylic acids is 1. The average Bonchev–Trinajstić information content (AvgIpc) is 2.36. The van der Waals surface area contributed by atoms with Gasteiger partial charge in [-0.3, -0.25) is 4.79 Å². The normalized spacial score (nSPS) is 26.5. The van der Waals surface area contributed by atoms with Crippen molar-refractivity contribution in [2.24, 2.45) is 5.73 Å². The number of rotatable bonds is 6. The van der Waals surface area contributed by atoms with Gasteiger partial charge in [-0.05, 0) is 50.4 Å².